The molecule has 0 unspecified atom stereocenters. The zero-order chi connectivity index (χ0) is 19.9. The Kier molecular flexibility index (Phi) is 5.23. The summed E-state index contributed by atoms with van der Waals surface area (Å²) < 4.78 is 16.4. The Morgan fingerprint density at radius 2 is 2.00 bits per heavy atom. The maximum atomic E-state index is 12.9. The lowest BCUT2D eigenvalue weighted by atomic mass is 9.71. The van der Waals surface area contributed by atoms with E-state index < -0.39 is 29.5 Å². The molecular formula is C20H24ClNO5. The fraction of sp³-hybridized carbons (Fsp3) is 0.500. The second-order valence-electron chi connectivity index (χ2n) is 7.12. The number of fused-ring (bicyclic) bond motifs is 1. The van der Waals surface area contributed by atoms with E-state index in [-0.39, 0.29) is 6.10 Å². The number of benzene rings is 1. The van der Waals surface area contributed by atoms with Crippen LogP contribution in [0.1, 0.15) is 32.3 Å². The van der Waals surface area contributed by atoms with E-state index in [4.69, 9.17) is 25.8 Å². The molecule has 0 radical (unpaired) electrons. The van der Waals surface area contributed by atoms with Gasteiger partial charge in [-0.2, -0.15) is 0 Å². The molecule has 146 valence electrons. The third-order valence-electron chi connectivity index (χ3n) is 5.50. The van der Waals surface area contributed by atoms with Gasteiger partial charge < -0.3 is 19.1 Å². The SMILES string of the molecule is COC(=O)C1=C(C)N2C[C@H](C)O[C@@]2(C)[C@@H](C(=O)OC)[C@@H]1c1cccc(Cl)c1. The van der Waals surface area contributed by atoms with Crippen molar-refractivity contribution in [2.75, 3.05) is 20.8 Å². The van der Waals surface area contributed by atoms with Crippen molar-refractivity contribution in [2.24, 2.45) is 5.92 Å². The highest BCUT2D eigenvalue weighted by molar-refractivity contribution is 6.30. The molecule has 0 bridgehead atoms. The van der Waals surface area contributed by atoms with Crippen molar-refractivity contribution >= 4 is 23.5 Å². The quantitative estimate of drug-likeness (QED) is 0.735. The molecule has 6 nitrogen and oxygen atoms in total. The minimum Gasteiger partial charge on any atom is -0.469 e. The van der Waals surface area contributed by atoms with Gasteiger partial charge in [-0.1, -0.05) is 23.7 Å². The molecule has 2 aliphatic heterocycles. The molecule has 2 heterocycles. The van der Waals surface area contributed by atoms with Crippen molar-refractivity contribution in [3.8, 4) is 0 Å². The lowest BCUT2D eigenvalue weighted by molar-refractivity contribution is -0.175. The van der Waals surface area contributed by atoms with Crippen LogP contribution in [0.2, 0.25) is 5.02 Å². The number of rotatable bonds is 3. The molecule has 7 heteroatoms. The van der Waals surface area contributed by atoms with Gasteiger partial charge in [0.05, 0.1) is 25.9 Å². The summed E-state index contributed by atoms with van der Waals surface area (Å²) >= 11 is 6.20. The van der Waals surface area contributed by atoms with E-state index in [2.05, 4.69) is 0 Å². The number of hydrogen-bond donors (Lipinski definition) is 0. The van der Waals surface area contributed by atoms with Gasteiger partial charge in [-0.15, -0.1) is 0 Å². The largest absolute Gasteiger partial charge is 0.469 e. The molecule has 0 aromatic heterocycles. The molecule has 3 rings (SSSR count). The van der Waals surface area contributed by atoms with Crippen LogP contribution in [0.25, 0.3) is 0 Å². The Balaban J connectivity index is 2.30. The van der Waals surface area contributed by atoms with Crippen molar-refractivity contribution in [1.82, 2.24) is 4.90 Å². The van der Waals surface area contributed by atoms with Crippen LogP contribution in [-0.2, 0) is 23.8 Å². The predicted octanol–water partition coefficient (Wildman–Crippen LogP) is 3.11. The molecule has 0 N–H and O–H groups in total. The van der Waals surface area contributed by atoms with Crippen molar-refractivity contribution in [3.05, 3.63) is 46.1 Å². The summed E-state index contributed by atoms with van der Waals surface area (Å²) in [7, 11) is 2.67. The van der Waals surface area contributed by atoms with Gasteiger partial charge in [-0.05, 0) is 38.5 Å². The Labute approximate surface area is 164 Å². The topological polar surface area (TPSA) is 65.1 Å². The van der Waals surface area contributed by atoms with E-state index in [9.17, 15) is 9.59 Å². The van der Waals surface area contributed by atoms with E-state index in [1.807, 2.05) is 31.7 Å². The van der Waals surface area contributed by atoms with Gasteiger partial charge in [0.25, 0.3) is 0 Å². The second kappa shape index (κ2) is 7.17. The number of nitrogens with zero attached hydrogens (tertiary/aromatic N) is 1. The second-order valence-corrected chi connectivity index (χ2v) is 7.55. The Morgan fingerprint density at radius 3 is 2.59 bits per heavy atom. The average molecular weight is 394 g/mol. The highest BCUT2D eigenvalue weighted by Gasteiger charge is 2.59. The predicted molar refractivity (Wildman–Crippen MR) is 100 cm³/mol. The minimum atomic E-state index is -0.943. The molecule has 2 aliphatic rings. The number of esters is 2. The number of methoxy groups -OCH3 is 2. The Morgan fingerprint density at radius 1 is 1.30 bits per heavy atom. The first-order chi connectivity index (χ1) is 12.7. The molecule has 1 fully saturated rings. The van der Waals surface area contributed by atoms with Crippen LogP contribution >= 0.6 is 11.6 Å². The van der Waals surface area contributed by atoms with Crippen LogP contribution in [0.3, 0.4) is 0 Å². The van der Waals surface area contributed by atoms with Gasteiger partial charge in [-0.25, -0.2) is 4.79 Å². The van der Waals surface area contributed by atoms with Gasteiger partial charge in [-0.3, -0.25) is 4.79 Å². The zero-order valence-corrected chi connectivity index (χ0v) is 16.9. The lowest BCUT2D eigenvalue weighted by Gasteiger charge is -2.48. The van der Waals surface area contributed by atoms with Crippen molar-refractivity contribution < 1.29 is 23.8 Å². The molecule has 1 saturated heterocycles. The van der Waals surface area contributed by atoms with Gasteiger partial charge in [0.15, 0.2) is 5.72 Å². The Bertz CT molecular complexity index is 807. The fourth-order valence-electron chi connectivity index (χ4n) is 4.43. The van der Waals surface area contributed by atoms with Gasteiger partial charge in [0.2, 0.25) is 0 Å². The monoisotopic (exact) mass is 393 g/mol. The smallest absolute Gasteiger partial charge is 0.336 e. The molecule has 1 aromatic carbocycles. The normalized spacial score (nSPS) is 30.1. The number of ether oxygens (including phenoxy) is 3. The summed E-state index contributed by atoms with van der Waals surface area (Å²) in [6.45, 7) is 6.24. The summed E-state index contributed by atoms with van der Waals surface area (Å²) in [5.74, 6) is -2.29. The van der Waals surface area contributed by atoms with Gasteiger partial charge in [0.1, 0.15) is 5.92 Å². The zero-order valence-electron chi connectivity index (χ0n) is 16.1. The van der Waals surface area contributed by atoms with E-state index >= 15 is 0 Å². The number of hydrogen-bond acceptors (Lipinski definition) is 6. The fourth-order valence-corrected chi connectivity index (χ4v) is 4.63. The highest BCUT2D eigenvalue weighted by atomic mass is 35.5. The van der Waals surface area contributed by atoms with Crippen LogP contribution in [-0.4, -0.2) is 49.4 Å². The molecule has 0 aliphatic carbocycles. The first-order valence-corrected chi connectivity index (χ1v) is 9.20. The van der Waals surface area contributed by atoms with Crippen LogP contribution in [0, 0.1) is 5.92 Å². The maximum Gasteiger partial charge on any atom is 0.336 e. The Hall–Kier alpha value is -2.05. The van der Waals surface area contributed by atoms with Crippen molar-refractivity contribution in [2.45, 2.75) is 38.5 Å². The summed E-state index contributed by atoms with van der Waals surface area (Å²) in [5.41, 5.74) is 0.951. The molecule has 4 atom stereocenters. The molecular weight excluding hydrogens is 370 g/mol. The van der Waals surface area contributed by atoms with Crippen LogP contribution in [0.4, 0.5) is 0 Å². The number of carbonyl (C=O) groups is 2. The van der Waals surface area contributed by atoms with Crippen LogP contribution in [0.15, 0.2) is 35.5 Å². The summed E-state index contributed by atoms with van der Waals surface area (Å²) in [6, 6.07) is 7.15. The number of carbonyl (C=O) groups excluding carboxylic acids is 2. The molecule has 1 aromatic rings. The standard InChI is InChI=1S/C20H24ClNO5/c1-11-10-22-12(2)15(18(23)25-4)16(13-7-6-8-14(21)9-13)17(19(24)26-5)20(22,3)27-11/h6-9,11,16-17H,10H2,1-5H3/t11-,16+,17+,20-/m0/s1. The maximum absolute atomic E-state index is 12.9. The van der Waals surface area contributed by atoms with Gasteiger partial charge >= 0.3 is 11.9 Å². The van der Waals surface area contributed by atoms with Gasteiger partial charge in [0, 0.05) is 23.2 Å². The van der Waals surface area contributed by atoms with Crippen LogP contribution in [0.5, 0.6) is 0 Å². The minimum absolute atomic E-state index is 0.103. The number of allylic oxidation sites excluding steroid dienone is 1. The van der Waals surface area contributed by atoms with Crippen molar-refractivity contribution in [1.29, 1.82) is 0 Å². The summed E-state index contributed by atoms with van der Waals surface area (Å²) in [6.07, 6.45) is -0.103. The van der Waals surface area contributed by atoms with E-state index in [0.29, 0.717) is 17.1 Å². The first-order valence-electron chi connectivity index (χ1n) is 8.82. The average Bonchev–Trinajstić information content (AvgIpc) is 2.95. The van der Waals surface area contributed by atoms with Crippen LogP contribution < -0.4 is 0 Å². The third kappa shape index (κ3) is 3.11. The molecule has 0 amide bonds. The molecule has 27 heavy (non-hydrogen) atoms. The van der Waals surface area contributed by atoms with Crippen molar-refractivity contribution in [3.63, 3.8) is 0 Å². The first kappa shape index (κ1) is 19.7. The third-order valence-corrected chi connectivity index (χ3v) is 5.73. The van der Waals surface area contributed by atoms with E-state index in [1.54, 1.807) is 18.2 Å². The summed E-state index contributed by atoms with van der Waals surface area (Å²) in [5, 5.41) is 0.520. The van der Waals surface area contributed by atoms with E-state index in [0.717, 1.165) is 11.3 Å². The summed E-state index contributed by atoms with van der Waals surface area (Å²) in [4.78, 5) is 27.6. The molecule has 0 saturated carbocycles. The number of halogens is 1. The molecule has 0 spiro atoms. The van der Waals surface area contributed by atoms with E-state index in [1.165, 1.54) is 14.2 Å². The highest BCUT2D eigenvalue weighted by Crippen LogP contribution is 2.52. The lowest BCUT2D eigenvalue weighted by Crippen LogP contribution is -2.57.